The Labute approximate surface area is 126 Å². The van der Waals surface area contributed by atoms with Crippen molar-refractivity contribution in [3.05, 3.63) is 29.8 Å². The lowest BCUT2D eigenvalue weighted by Crippen LogP contribution is -2.52. The Balaban J connectivity index is 2.84. The molecule has 0 aliphatic carbocycles. The maximum Gasteiger partial charge on any atom is 0.326 e. The molecule has 0 heterocycles. The van der Waals surface area contributed by atoms with Crippen molar-refractivity contribution in [2.75, 3.05) is 11.9 Å². The molecule has 5 nitrogen and oxygen atoms in total. The number of aliphatic carboxylic acids is 1. The second kappa shape index (κ2) is 6.61. The van der Waals surface area contributed by atoms with Crippen molar-refractivity contribution in [3.8, 4) is 0 Å². The Kier molecular flexibility index (Phi) is 5.35. The van der Waals surface area contributed by atoms with Crippen molar-refractivity contribution in [1.29, 1.82) is 0 Å². The van der Waals surface area contributed by atoms with E-state index in [0.717, 1.165) is 12.1 Å². The van der Waals surface area contributed by atoms with Gasteiger partial charge >= 0.3 is 12.0 Å². The fourth-order valence-corrected chi connectivity index (χ4v) is 1.94. The van der Waals surface area contributed by atoms with Gasteiger partial charge in [-0.05, 0) is 29.5 Å². The van der Waals surface area contributed by atoms with E-state index < -0.39 is 23.5 Å². The third-order valence-corrected chi connectivity index (χ3v) is 3.42. The van der Waals surface area contributed by atoms with Crippen molar-refractivity contribution < 1.29 is 14.7 Å². The molecular weight excluding hydrogens is 268 g/mol. The summed E-state index contributed by atoms with van der Waals surface area (Å²) in [6, 6.07) is 6.25. The second-order valence-electron chi connectivity index (χ2n) is 6.17. The van der Waals surface area contributed by atoms with Gasteiger partial charge < -0.3 is 10.4 Å². The smallest absolute Gasteiger partial charge is 0.326 e. The van der Waals surface area contributed by atoms with Crippen LogP contribution in [0.2, 0.25) is 0 Å². The van der Waals surface area contributed by atoms with Gasteiger partial charge in [0.05, 0.1) is 0 Å². The number of carbonyl (C=O) groups excluding carboxylic acids is 1. The van der Waals surface area contributed by atoms with Gasteiger partial charge in [-0.3, -0.25) is 4.90 Å². The van der Waals surface area contributed by atoms with Gasteiger partial charge in [-0.2, -0.15) is 0 Å². The van der Waals surface area contributed by atoms with Crippen LogP contribution in [-0.4, -0.2) is 30.2 Å². The first-order valence-electron chi connectivity index (χ1n) is 7.02. The van der Waals surface area contributed by atoms with Crippen molar-refractivity contribution in [1.82, 2.24) is 5.32 Å². The predicted octanol–water partition coefficient (Wildman–Crippen LogP) is 2.89. The van der Waals surface area contributed by atoms with Crippen LogP contribution in [0.15, 0.2) is 24.3 Å². The van der Waals surface area contributed by atoms with Crippen LogP contribution in [0.4, 0.5) is 10.5 Å². The lowest BCUT2D eigenvalue weighted by atomic mass is 9.87. The molecule has 0 fully saturated rings. The molecule has 0 bridgehead atoms. The number of rotatable bonds is 4. The topological polar surface area (TPSA) is 69.6 Å². The van der Waals surface area contributed by atoms with E-state index >= 15 is 0 Å². The van der Waals surface area contributed by atoms with Gasteiger partial charge in [0.2, 0.25) is 0 Å². The molecule has 0 aliphatic rings. The minimum Gasteiger partial charge on any atom is -0.480 e. The maximum absolute atomic E-state index is 12.2. The summed E-state index contributed by atoms with van der Waals surface area (Å²) in [5.74, 6) is -1.04. The molecular formula is C16H24N2O3. The quantitative estimate of drug-likeness (QED) is 0.896. The lowest BCUT2D eigenvalue weighted by Gasteiger charge is -2.29. The number of hydrogen-bond donors (Lipinski definition) is 2. The van der Waals surface area contributed by atoms with E-state index in [1.54, 1.807) is 27.8 Å². The van der Waals surface area contributed by atoms with Crippen LogP contribution in [0.25, 0.3) is 0 Å². The number of benzene rings is 1. The first-order valence-corrected chi connectivity index (χ1v) is 7.02. The van der Waals surface area contributed by atoms with Crippen LogP contribution >= 0.6 is 0 Å². The number of carbonyl (C=O) groups is 2. The molecule has 0 saturated heterocycles. The van der Waals surface area contributed by atoms with Crippen molar-refractivity contribution in [2.24, 2.45) is 5.41 Å². The highest BCUT2D eigenvalue weighted by Gasteiger charge is 2.33. The summed E-state index contributed by atoms with van der Waals surface area (Å²) in [7, 11) is 1.62. The SMILES string of the molecule is CCc1ccc(N(C)C(=O)N[C@@H](C(=O)O)C(C)(C)C)cc1. The zero-order chi connectivity index (χ0) is 16.2. The number of amides is 2. The van der Waals surface area contributed by atoms with Gasteiger partial charge in [0.15, 0.2) is 0 Å². The van der Waals surface area contributed by atoms with Crippen LogP contribution in [0, 0.1) is 5.41 Å². The largest absolute Gasteiger partial charge is 0.480 e. The average molecular weight is 292 g/mol. The number of nitrogens with zero attached hydrogens (tertiary/aromatic N) is 1. The van der Waals surface area contributed by atoms with Crippen molar-refractivity contribution in [3.63, 3.8) is 0 Å². The van der Waals surface area contributed by atoms with Crippen LogP contribution in [0.1, 0.15) is 33.3 Å². The Morgan fingerprint density at radius 1 is 1.24 bits per heavy atom. The van der Waals surface area contributed by atoms with Crippen molar-refractivity contribution in [2.45, 2.75) is 40.2 Å². The molecule has 0 aromatic heterocycles. The minimum absolute atomic E-state index is 0.429. The molecule has 1 aromatic rings. The third kappa shape index (κ3) is 4.48. The zero-order valence-electron chi connectivity index (χ0n) is 13.3. The van der Waals surface area contributed by atoms with E-state index in [0.29, 0.717) is 0 Å². The van der Waals surface area contributed by atoms with Crippen LogP contribution in [0.3, 0.4) is 0 Å². The third-order valence-electron chi connectivity index (χ3n) is 3.42. The number of carboxylic acids is 1. The van der Waals surface area contributed by atoms with E-state index in [-0.39, 0.29) is 0 Å². The highest BCUT2D eigenvalue weighted by atomic mass is 16.4. The normalized spacial score (nSPS) is 12.6. The van der Waals surface area contributed by atoms with Gasteiger partial charge in [-0.1, -0.05) is 39.8 Å². The summed E-state index contributed by atoms with van der Waals surface area (Å²) < 4.78 is 0. The Morgan fingerprint density at radius 3 is 2.14 bits per heavy atom. The van der Waals surface area contributed by atoms with Crippen LogP contribution in [0.5, 0.6) is 0 Å². The number of carboxylic acid groups (broad SMARTS) is 1. The minimum atomic E-state index is -1.04. The molecule has 1 rings (SSSR count). The molecule has 5 heteroatoms. The average Bonchev–Trinajstić information content (AvgIpc) is 2.42. The van der Waals surface area contributed by atoms with E-state index in [2.05, 4.69) is 12.2 Å². The molecule has 21 heavy (non-hydrogen) atoms. The maximum atomic E-state index is 12.2. The molecule has 116 valence electrons. The summed E-state index contributed by atoms with van der Waals surface area (Å²) in [6.45, 7) is 7.40. The molecule has 0 unspecified atom stereocenters. The summed E-state index contributed by atoms with van der Waals surface area (Å²) in [5.41, 5.74) is 1.35. The van der Waals surface area contributed by atoms with Crippen LogP contribution in [-0.2, 0) is 11.2 Å². The van der Waals surface area contributed by atoms with Gasteiger partial charge in [0, 0.05) is 12.7 Å². The van der Waals surface area contributed by atoms with Gasteiger partial charge in [-0.15, -0.1) is 0 Å². The van der Waals surface area contributed by atoms with E-state index in [9.17, 15) is 14.7 Å². The Hall–Kier alpha value is -2.04. The molecule has 0 saturated carbocycles. The second-order valence-corrected chi connectivity index (χ2v) is 6.17. The fourth-order valence-electron chi connectivity index (χ4n) is 1.94. The number of aryl methyl sites for hydroxylation is 1. The lowest BCUT2D eigenvalue weighted by molar-refractivity contribution is -0.141. The Bertz CT molecular complexity index is 503. The van der Waals surface area contributed by atoms with Crippen LogP contribution < -0.4 is 10.2 Å². The van der Waals surface area contributed by atoms with Gasteiger partial charge in [-0.25, -0.2) is 9.59 Å². The zero-order valence-corrected chi connectivity index (χ0v) is 13.3. The monoisotopic (exact) mass is 292 g/mol. The number of urea groups is 1. The molecule has 1 atom stereocenters. The highest BCUT2D eigenvalue weighted by Crippen LogP contribution is 2.20. The summed E-state index contributed by atoms with van der Waals surface area (Å²) in [5, 5.41) is 11.8. The summed E-state index contributed by atoms with van der Waals surface area (Å²) in [4.78, 5) is 24.9. The van der Waals surface area contributed by atoms with Gasteiger partial charge in [0.1, 0.15) is 6.04 Å². The fraction of sp³-hybridized carbons (Fsp3) is 0.500. The van der Waals surface area contributed by atoms with Gasteiger partial charge in [0.25, 0.3) is 0 Å². The molecule has 0 aliphatic heterocycles. The predicted molar refractivity (Wildman–Crippen MR) is 83.6 cm³/mol. The Morgan fingerprint density at radius 2 is 1.76 bits per heavy atom. The molecule has 2 amide bonds. The van der Waals surface area contributed by atoms with Crippen molar-refractivity contribution >= 4 is 17.7 Å². The molecule has 1 aromatic carbocycles. The molecule has 2 N–H and O–H groups in total. The standard InChI is InChI=1S/C16H24N2O3/c1-6-11-7-9-12(10-8-11)18(5)15(21)17-13(14(19)20)16(2,3)4/h7-10,13H,6H2,1-5H3,(H,17,21)(H,19,20)/t13-/m0/s1. The molecule has 0 spiro atoms. The number of anilines is 1. The van der Waals surface area contributed by atoms with E-state index in [1.165, 1.54) is 10.5 Å². The first-order chi connectivity index (χ1) is 9.66. The van der Waals surface area contributed by atoms with E-state index in [4.69, 9.17) is 0 Å². The summed E-state index contributed by atoms with van der Waals surface area (Å²) >= 11 is 0. The number of hydrogen-bond acceptors (Lipinski definition) is 2. The highest BCUT2D eigenvalue weighted by molar-refractivity contribution is 5.94. The summed E-state index contributed by atoms with van der Waals surface area (Å²) in [6.07, 6.45) is 0.932. The molecule has 0 radical (unpaired) electrons. The number of nitrogens with one attached hydrogen (secondary N) is 1. The first kappa shape index (κ1) is 17.0. The van der Waals surface area contributed by atoms with E-state index in [1.807, 2.05) is 24.3 Å².